The van der Waals surface area contributed by atoms with Gasteiger partial charge in [-0.15, -0.1) is 0 Å². The molecule has 0 unspecified atom stereocenters. The third-order valence-corrected chi connectivity index (χ3v) is 4.29. The third-order valence-electron chi connectivity index (χ3n) is 4.29. The molecule has 150 valence electrons. The lowest BCUT2D eigenvalue weighted by Crippen LogP contribution is -2.28. The molecule has 0 atom stereocenters. The largest absolute Gasteiger partial charge is 0.368 e. The lowest BCUT2D eigenvalue weighted by molar-refractivity contribution is 0.0955. The fourth-order valence-corrected chi connectivity index (χ4v) is 2.83. The summed E-state index contributed by atoms with van der Waals surface area (Å²) in [4.78, 5) is 33.4. The molecule has 0 spiro atoms. The highest BCUT2D eigenvalue weighted by Gasteiger charge is 2.07. The summed E-state index contributed by atoms with van der Waals surface area (Å²) in [5.41, 5.74) is 3.09. The molecule has 0 aliphatic heterocycles. The third kappa shape index (κ3) is 4.82. The molecule has 0 saturated heterocycles. The van der Waals surface area contributed by atoms with E-state index in [1.807, 2.05) is 19.1 Å². The Kier molecular flexibility index (Phi) is 5.70. The fourth-order valence-electron chi connectivity index (χ4n) is 2.83. The summed E-state index contributed by atoms with van der Waals surface area (Å²) >= 11 is 0. The molecule has 0 saturated carbocycles. The Bertz CT molecular complexity index is 1180. The van der Waals surface area contributed by atoms with Crippen LogP contribution in [0.2, 0.25) is 0 Å². The zero-order valence-electron chi connectivity index (χ0n) is 16.3. The number of aryl methyl sites for hydroxylation is 1. The van der Waals surface area contributed by atoms with Crippen molar-refractivity contribution in [1.82, 2.24) is 30.2 Å². The number of rotatable bonds is 7. The Balaban J connectivity index is 1.29. The number of pyridine rings is 1. The van der Waals surface area contributed by atoms with Gasteiger partial charge in [-0.1, -0.05) is 0 Å². The number of benzene rings is 1. The number of nitrogens with one attached hydrogen (secondary N) is 3. The van der Waals surface area contributed by atoms with Gasteiger partial charge in [-0.3, -0.25) is 14.8 Å². The molecule has 0 radical (unpaired) electrons. The van der Waals surface area contributed by atoms with Crippen molar-refractivity contribution < 1.29 is 4.79 Å². The Labute approximate surface area is 173 Å². The molecule has 9 nitrogen and oxygen atoms in total. The van der Waals surface area contributed by atoms with Gasteiger partial charge >= 0.3 is 0 Å². The maximum Gasteiger partial charge on any atom is 0.251 e. The molecule has 4 rings (SSSR count). The van der Waals surface area contributed by atoms with Crippen molar-refractivity contribution in [2.45, 2.75) is 6.92 Å². The van der Waals surface area contributed by atoms with E-state index >= 15 is 0 Å². The molecule has 4 aromatic rings. The lowest BCUT2D eigenvalue weighted by Gasteiger charge is -2.09. The summed E-state index contributed by atoms with van der Waals surface area (Å²) in [6.45, 7) is 2.95. The molecule has 1 aromatic carbocycles. The van der Waals surface area contributed by atoms with Crippen molar-refractivity contribution >= 4 is 34.4 Å². The van der Waals surface area contributed by atoms with Crippen LogP contribution in [-0.4, -0.2) is 43.9 Å². The van der Waals surface area contributed by atoms with Crippen LogP contribution in [0.5, 0.6) is 0 Å². The van der Waals surface area contributed by atoms with Crippen LogP contribution in [0.15, 0.2) is 61.3 Å². The van der Waals surface area contributed by atoms with Crippen molar-refractivity contribution in [2.75, 3.05) is 23.7 Å². The van der Waals surface area contributed by atoms with Gasteiger partial charge in [-0.2, -0.15) is 0 Å². The number of nitrogens with zero attached hydrogens (tertiary/aromatic N) is 5. The topological polar surface area (TPSA) is 118 Å². The first-order valence-corrected chi connectivity index (χ1v) is 9.42. The Morgan fingerprint density at radius 2 is 1.60 bits per heavy atom. The van der Waals surface area contributed by atoms with E-state index in [1.165, 1.54) is 6.33 Å². The van der Waals surface area contributed by atoms with Gasteiger partial charge in [0, 0.05) is 43.3 Å². The smallest absolute Gasteiger partial charge is 0.251 e. The lowest BCUT2D eigenvalue weighted by atomic mass is 10.2. The molecule has 0 aliphatic carbocycles. The molecule has 3 aromatic heterocycles. The van der Waals surface area contributed by atoms with E-state index in [0.717, 1.165) is 11.1 Å². The van der Waals surface area contributed by atoms with Gasteiger partial charge in [0.2, 0.25) is 0 Å². The summed E-state index contributed by atoms with van der Waals surface area (Å²) in [5, 5.41) is 9.19. The van der Waals surface area contributed by atoms with Crippen LogP contribution >= 0.6 is 0 Å². The van der Waals surface area contributed by atoms with Gasteiger partial charge in [0.1, 0.15) is 23.8 Å². The van der Waals surface area contributed by atoms with Crippen molar-refractivity contribution in [2.24, 2.45) is 0 Å². The van der Waals surface area contributed by atoms with Crippen molar-refractivity contribution in [3.8, 4) is 0 Å². The Morgan fingerprint density at radius 3 is 2.47 bits per heavy atom. The molecule has 9 heteroatoms. The second-order valence-corrected chi connectivity index (χ2v) is 6.57. The minimum atomic E-state index is -0.167. The summed E-state index contributed by atoms with van der Waals surface area (Å²) in [6, 6.07) is 10.9. The van der Waals surface area contributed by atoms with E-state index in [9.17, 15) is 4.79 Å². The maximum atomic E-state index is 12.4. The van der Waals surface area contributed by atoms with Gasteiger partial charge < -0.3 is 16.0 Å². The van der Waals surface area contributed by atoms with Crippen molar-refractivity contribution in [3.05, 3.63) is 72.4 Å². The van der Waals surface area contributed by atoms with E-state index in [4.69, 9.17) is 0 Å². The van der Waals surface area contributed by atoms with E-state index in [0.29, 0.717) is 41.6 Å². The Morgan fingerprint density at radius 1 is 0.800 bits per heavy atom. The van der Waals surface area contributed by atoms with Crippen molar-refractivity contribution in [3.63, 3.8) is 0 Å². The van der Waals surface area contributed by atoms with Crippen LogP contribution in [0, 0.1) is 6.92 Å². The van der Waals surface area contributed by atoms with Gasteiger partial charge in [0.25, 0.3) is 5.91 Å². The quantitative estimate of drug-likeness (QED) is 0.405. The summed E-state index contributed by atoms with van der Waals surface area (Å²) in [6.07, 6.45) is 6.44. The first-order chi connectivity index (χ1) is 14.7. The zero-order valence-corrected chi connectivity index (χ0v) is 16.3. The predicted octanol–water partition coefficient (Wildman–Crippen LogP) is 2.71. The van der Waals surface area contributed by atoms with Crippen LogP contribution in [-0.2, 0) is 0 Å². The molecule has 3 N–H and O–H groups in total. The summed E-state index contributed by atoms with van der Waals surface area (Å²) in [5.74, 6) is 1.83. The zero-order chi connectivity index (χ0) is 20.8. The highest BCUT2D eigenvalue weighted by molar-refractivity contribution is 5.97. The van der Waals surface area contributed by atoms with E-state index in [-0.39, 0.29) is 5.91 Å². The SMILES string of the molecule is Cc1ccnc(Nc2cc(NCCNC(=O)c3ccc4nccnc4c3)ncn2)c1. The normalized spacial score (nSPS) is 10.6. The average molecular weight is 400 g/mol. The number of hydrogen-bond acceptors (Lipinski definition) is 8. The highest BCUT2D eigenvalue weighted by Crippen LogP contribution is 2.15. The number of fused-ring (bicyclic) bond motifs is 1. The molecule has 30 heavy (non-hydrogen) atoms. The fraction of sp³-hybridized carbons (Fsp3) is 0.143. The molecular weight excluding hydrogens is 380 g/mol. The van der Waals surface area contributed by atoms with Crippen LogP contribution in [0.25, 0.3) is 11.0 Å². The van der Waals surface area contributed by atoms with Gasteiger partial charge in [0.05, 0.1) is 11.0 Å². The second-order valence-electron chi connectivity index (χ2n) is 6.57. The first-order valence-electron chi connectivity index (χ1n) is 9.42. The molecule has 0 aliphatic rings. The number of hydrogen-bond donors (Lipinski definition) is 3. The maximum absolute atomic E-state index is 12.4. The standard InChI is InChI=1S/C21H20N8O/c1-14-4-5-24-19(10-14)29-20-12-18(27-13-28-20)25-8-9-26-21(30)15-2-3-16-17(11-15)23-7-6-22-16/h2-7,10-13H,8-9H2,1H3,(H,26,30)(H2,24,25,27,28,29). The molecule has 0 bridgehead atoms. The van der Waals surface area contributed by atoms with Crippen LogP contribution < -0.4 is 16.0 Å². The van der Waals surface area contributed by atoms with Gasteiger partial charge in [-0.25, -0.2) is 15.0 Å². The minimum Gasteiger partial charge on any atom is -0.368 e. The van der Waals surface area contributed by atoms with Crippen molar-refractivity contribution in [1.29, 1.82) is 0 Å². The average Bonchev–Trinajstić information content (AvgIpc) is 2.76. The van der Waals surface area contributed by atoms with E-state index in [1.54, 1.807) is 42.9 Å². The molecule has 0 fully saturated rings. The van der Waals surface area contributed by atoms with Crippen LogP contribution in [0.3, 0.4) is 0 Å². The summed E-state index contributed by atoms with van der Waals surface area (Å²) in [7, 11) is 0. The van der Waals surface area contributed by atoms with Gasteiger partial charge in [0.15, 0.2) is 0 Å². The van der Waals surface area contributed by atoms with E-state index < -0.39 is 0 Å². The van der Waals surface area contributed by atoms with Crippen LogP contribution in [0.1, 0.15) is 15.9 Å². The van der Waals surface area contributed by atoms with Gasteiger partial charge in [-0.05, 0) is 42.8 Å². The first kappa shape index (κ1) is 19.2. The number of anilines is 3. The number of carbonyl (C=O) groups is 1. The molecule has 1 amide bonds. The number of carbonyl (C=O) groups excluding carboxylic acids is 1. The molecular formula is C21H20N8O. The minimum absolute atomic E-state index is 0.167. The predicted molar refractivity (Wildman–Crippen MR) is 115 cm³/mol. The Hall–Kier alpha value is -4.14. The second kappa shape index (κ2) is 8.91. The number of aromatic nitrogens is 5. The number of amides is 1. The summed E-state index contributed by atoms with van der Waals surface area (Å²) < 4.78 is 0. The van der Waals surface area contributed by atoms with Crippen LogP contribution in [0.4, 0.5) is 17.5 Å². The monoisotopic (exact) mass is 400 g/mol. The van der Waals surface area contributed by atoms with E-state index in [2.05, 4.69) is 40.9 Å². The highest BCUT2D eigenvalue weighted by atomic mass is 16.1. The molecule has 3 heterocycles.